The van der Waals surface area contributed by atoms with E-state index in [1.807, 2.05) is 36.1 Å². The van der Waals surface area contributed by atoms with Crippen molar-refractivity contribution in [1.29, 1.82) is 0 Å². The minimum atomic E-state index is -0.0648. The lowest BCUT2D eigenvalue weighted by Crippen LogP contribution is -2.51. The van der Waals surface area contributed by atoms with Crippen molar-refractivity contribution in [1.82, 2.24) is 15.5 Å². The molecule has 1 aromatic carbocycles. The summed E-state index contributed by atoms with van der Waals surface area (Å²) >= 11 is 0. The quantitative estimate of drug-likeness (QED) is 0.831. The number of rotatable bonds is 5. The highest BCUT2D eigenvalue weighted by Gasteiger charge is 2.27. The number of carbonyl (C=O) groups is 2. The Balaban J connectivity index is 1.78. The fraction of sp³-hybridized carbons (Fsp3) is 0.619. The maximum Gasteiger partial charge on any atom is 0.317 e. The van der Waals surface area contributed by atoms with E-state index in [1.165, 1.54) is 0 Å². The standard InChI is InChI=1S/C21H33N3O3/c1-15-8-6-7-9-17(15)19(25)23-16-10-12-24(13-11-16)20(26)22-14-18(27-5)21(2,3)4/h6-9,16,18H,10-14H2,1-5H3,(H,22,26)(H,23,25). The van der Waals surface area contributed by atoms with Gasteiger partial charge in [-0.3, -0.25) is 4.79 Å². The van der Waals surface area contributed by atoms with Gasteiger partial charge in [-0.2, -0.15) is 0 Å². The molecule has 0 aromatic heterocycles. The van der Waals surface area contributed by atoms with E-state index in [0.717, 1.165) is 18.4 Å². The van der Waals surface area contributed by atoms with Crippen LogP contribution in [-0.2, 0) is 4.74 Å². The smallest absolute Gasteiger partial charge is 0.317 e. The summed E-state index contributed by atoms with van der Waals surface area (Å²) in [7, 11) is 1.67. The minimum absolute atomic E-state index is 0.0329. The van der Waals surface area contributed by atoms with E-state index in [0.29, 0.717) is 25.2 Å². The number of methoxy groups -OCH3 is 1. The fourth-order valence-electron chi connectivity index (χ4n) is 3.35. The zero-order chi connectivity index (χ0) is 20.0. The first-order chi connectivity index (χ1) is 12.7. The number of nitrogens with zero attached hydrogens (tertiary/aromatic N) is 1. The molecule has 27 heavy (non-hydrogen) atoms. The molecule has 0 bridgehead atoms. The second kappa shape index (κ2) is 9.22. The first-order valence-electron chi connectivity index (χ1n) is 9.64. The number of benzene rings is 1. The number of hydrogen-bond acceptors (Lipinski definition) is 3. The Morgan fingerprint density at radius 3 is 2.41 bits per heavy atom. The lowest BCUT2D eigenvalue weighted by Gasteiger charge is -2.34. The minimum Gasteiger partial charge on any atom is -0.379 e. The number of likely N-dealkylation sites (tertiary alicyclic amines) is 1. The zero-order valence-corrected chi connectivity index (χ0v) is 17.2. The van der Waals surface area contributed by atoms with Crippen LogP contribution < -0.4 is 10.6 Å². The number of amides is 3. The number of piperidine rings is 1. The molecular weight excluding hydrogens is 342 g/mol. The van der Waals surface area contributed by atoms with Gasteiger partial charge in [0, 0.05) is 38.3 Å². The van der Waals surface area contributed by atoms with Gasteiger partial charge in [0.2, 0.25) is 0 Å². The topological polar surface area (TPSA) is 70.7 Å². The molecule has 1 saturated heterocycles. The molecule has 1 aromatic rings. The van der Waals surface area contributed by atoms with Crippen LogP contribution in [0.15, 0.2) is 24.3 Å². The highest BCUT2D eigenvalue weighted by atomic mass is 16.5. The van der Waals surface area contributed by atoms with Gasteiger partial charge in [-0.25, -0.2) is 4.79 Å². The molecule has 1 aliphatic heterocycles. The second-order valence-electron chi connectivity index (χ2n) is 8.33. The van der Waals surface area contributed by atoms with Gasteiger partial charge in [-0.05, 0) is 36.8 Å². The summed E-state index contributed by atoms with van der Waals surface area (Å²) < 4.78 is 5.48. The largest absolute Gasteiger partial charge is 0.379 e. The van der Waals surface area contributed by atoms with E-state index in [-0.39, 0.29) is 29.5 Å². The van der Waals surface area contributed by atoms with Crippen molar-refractivity contribution in [3.05, 3.63) is 35.4 Å². The van der Waals surface area contributed by atoms with Crippen LogP contribution in [0.25, 0.3) is 0 Å². The molecule has 1 heterocycles. The van der Waals surface area contributed by atoms with Crippen molar-refractivity contribution in [3.63, 3.8) is 0 Å². The Labute approximate surface area is 162 Å². The van der Waals surface area contributed by atoms with Crippen LogP contribution in [0, 0.1) is 12.3 Å². The van der Waals surface area contributed by atoms with E-state index in [1.54, 1.807) is 7.11 Å². The summed E-state index contributed by atoms with van der Waals surface area (Å²) in [6.07, 6.45) is 1.49. The first kappa shape index (κ1) is 21.2. The maximum atomic E-state index is 12.4. The van der Waals surface area contributed by atoms with Gasteiger partial charge in [-0.15, -0.1) is 0 Å². The van der Waals surface area contributed by atoms with Crippen LogP contribution in [0.1, 0.15) is 49.5 Å². The number of nitrogens with one attached hydrogen (secondary N) is 2. The van der Waals surface area contributed by atoms with Crippen molar-refractivity contribution in [3.8, 4) is 0 Å². The normalized spacial score (nSPS) is 16.7. The molecule has 0 radical (unpaired) electrons. The van der Waals surface area contributed by atoms with Gasteiger partial charge >= 0.3 is 6.03 Å². The Morgan fingerprint density at radius 2 is 1.85 bits per heavy atom. The molecule has 0 saturated carbocycles. The molecule has 1 aliphatic rings. The van der Waals surface area contributed by atoms with Gasteiger partial charge in [0.05, 0.1) is 6.10 Å². The summed E-state index contributed by atoms with van der Waals surface area (Å²) in [5.74, 6) is -0.0379. The Bertz CT molecular complexity index is 646. The molecule has 2 N–H and O–H groups in total. The van der Waals surface area contributed by atoms with Crippen molar-refractivity contribution < 1.29 is 14.3 Å². The third-order valence-corrected chi connectivity index (χ3v) is 5.20. The third-order valence-electron chi connectivity index (χ3n) is 5.20. The Morgan fingerprint density at radius 1 is 1.22 bits per heavy atom. The predicted octanol–water partition coefficient (Wildman–Crippen LogP) is 2.96. The molecule has 6 nitrogen and oxygen atoms in total. The lowest BCUT2D eigenvalue weighted by molar-refractivity contribution is 0.0183. The van der Waals surface area contributed by atoms with E-state index < -0.39 is 0 Å². The van der Waals surface area contributed by atoms with Crippen LogP contribution >= 0.6 is 0 Å². The number of ether oxygens (including phenoxy) is 1. The van der Waals surface area contributed by atoms with E-state index >= 15 is 0 Å². The van der Waals surface area contributed by atoms with Gasteiger partial charge in [0.15, 0.2) is 0 Å². The zero-order valence-electron chi connectivity index (χ0n) is 17.2. The Kier molecular flexibility index (Phi) is 7.25. The van der Waals surface area contributed by atoms with Gasteiger partial charge in [-0.1, -0.05) is 39.0 Å². The fourth-order valence-corrected chi connectivity index (χ4v) is 3.35. The van der Waals surface area contributed by atoms with Gasteiger partial charge in [0.1, 0.15) is 0 Å². The number of hydrogen-bond donors (Lipinski definition) is 2. The van der Waals surface area contributed by atoms with Gasteiger partial charge in [0.25, 0.3) is 5.91 Å². The van der Waals surface area contributed by atoms with Crippen LogP contribution in [0.4, 0.5) is 4.79 Å². The Hall–Kier alpha value is -2.08. The SMILES string of the molecule is COC(CNC(=O)N1CCC(NC(=O)c2ccccc2C)CC1)C(C)(C)C. The van der Waals surface area contributed by atoms with Crippen LogP contribution in [0.3, 0.4) is 0 Å². The van der Waals surface area contributed by atoms with Crippen molar-refractivity contribution in [2.45, 2.75) is 52.7 Å². The average Bonchev–Trinajstić information content (AvgIpc) is 2.61. The number of aryl methyl sites for hydroxylation is 1. The van der Waals surface area contributed by atoms with Crippen molar-refractivity contribution in [2.24, 2.45) is 5.41 Å². The molecule has 150 valence electrons. The van der Waals surface area contributed by atoms with Gasteiger partial charge < -0.3 is 20.3 Å². The molecular formula is C21H33N3O3. The van der Waals surface area contributed by atoms with Crippen LogP contribution in [0.5, 0.6) is 0 Å². The van der Waals surface area contributed by atoms with Crippen LogP contribution in [-0.4, -0.2) is 55.7 Å². The summed E-state index contributed by atoms with van der Waals surface area (Å²) in [5.41, 5.74) is 1.65. The average molecular weight is 376 g/mol. The molecule has 2 rings (SSSR count). The summed E-state index contributed by atoms with van der Waals surface area (Å²) in [4.78, 5) is 26.7. The summed E-state index contributed by atoms with van der Waals surface area (Å²) in [5, 5.41) is 6.07. The predicted molar refractivity (Wildman–Crippen MR) is 107 cm³/mol. The number of urea groups is 1. The number of carbonyl (C=O) groups excluding carboxylic acids is 2. The second-order valence-corrected chi connectivity index (χ2v) is 8.33. The molecule has 0 aliphatic carbocycles. The molecule has 0 spiro atoms. The molecule has 3 amide bonds. The molecule has 1 atom stereocenters. The van der Waals surface area contributed by atoms with E-state index in [2.05, 4.69) is 31.4 Å². The molecule has 1 fully saturated rings. The molecule has 1 unspecified atom stereocenters. The van der Waals surface area contributed by atoms with E-state index in [9.17, 15) is 9.59 Å². The first-order valence-corrected chi connectivity index (χ1v) is 9.64. The van der Waals surface area contributed by atoms with Crippen LogP contribution in [0.2, 0.25) is 0 Å². The summed E-state index contributed by atoms with van der Waals surface area (Å²) in [6.45, 7) is 9.98. The summed E-state index contributed by atoms with van der Waals surface area (Å²) in [6, 6.07) is 7.62. The molecule has 6 heteroatoms. The highest BCUT2D eigenvalue weighted by molar-refractivity contribution is 5.95. The lowest BCUT2D eigenvalue weighted by atomic mass is 9.89. The van der Waals surface area contributed by atoms with E-state index in [4.69, 9.17) is 4.74 Å². The third kappa shape index (κ3) is 5.96. The van der Waals surface area contributed by atoms with Crippen molar-refractivity contribution in [2.75, 3.05) is 26.7 Å². The van der Waals surface area contributed by atoms with Crippen molar-refractivity contribution >= 4 is 11.9 Å². The maximum absolute atomic E-state index is 12.4. The monoisotopic (exact) mass is 375 g/mol. The highest BCUT2D eigenvalue weighted by Crippen LogP contribution is 2.21.